The number of nitrogens with zero attached hydrogens (tertiary/aromatic N) is 24. The van der Waals surface area contributed by atoms with Gasteiger partial charge in [-0.2, -0.15) is 0 Å². The standard InChI is InChI=1S/C72H84N24O24/c1-13-25-109-61-95-50(98)74-38-77-52(100)79-41-81-54(102)83-43-85-56(104)87-45-89-58(106)91-47-94-60(108)96(61)72(120-36-24-12)71(94,119-35-23-11)92-46-90-57(105)88(69(89,117-33-21-9)70(90,91)118-34-22-10)44-86-55(103)84(67(85,115-31-19-7)68(86,87)116-32-20-8)42-82-53(101)80(65(81,113-29-17-5)66(82,83)114-30-18-6)40-78-51(99)76(63(77,111-27-15-3)64(78,79)112-28-16-4)37-73-48(74)62(95,110-26-14-2)75(49(73)97)39-93(72)59(92)107/h13-24,48,61H,1-12,25-47H2. The van der Waals surface area contributed by atoms with Crippen LogP contribution in [0.4, 0.5) is 57.5 Å². The molecule has 18 heterocycles. The summed E-state index contributed by atoms with van der Waals surface area (Å²) in [4.78, 5) is 232. The summed E-state index contributed by atoms with van der Waals surface area (Å²) in [6, 6.07) is -15.4. The van der Waals surface area contributed by atoms with E-state index in [0.29, 0.717) is 0 Å². The quantitative estimate of drug-likeness (QED) is 0.0779. The lowest BCUT2D eigenvalue weighted by Crippen LogP contribution is -2.80. The zero-order chi connectivity index (χ0) is 84.7. The van der Waals surface area contributed by atoms with Crippen LogP contribution in [0.3, 0.4) is 0 Å². The Morgan fingerprint density at radius 1 is 0.208 bits per heavy atom. The molecule has 13 atom stereocenters. The van der Waals surface area contributed by atoms with Gasteiger partial charge in [0.25, 0.3) is 5.85 Å². The van der Waals surface area contributed by atoms with Gasteiger partial charge >= 0.3 is 131 Å². The molecule has 0 aromatic rings. The zero-order valence-corrected chi connectivity index (χ0v) is 64.9. The fourth-order valence-electron chi connectivity index (χ4n) is 21.3. The number of urea groups is 12. The van der Waals surface area contributed by atoms with E-state index in [4.69, 9.17) is 56.8 Å². The van der Waals surface area contributed by atoms with Crippen molar-refractivity contribution < 1.29 is 114 Å². The van der Waals surface area contributed by atoms with E-state index in [0.717, 1.165) is 118 Å². The van der Waals surface area contributed by atoms with Crippen LogP contribution < -0.4 is 0 Å². The predicted octanol–water partition coefficient (Wildman–Crippen LogP) is 0.698. The predicted molar refractivity (Wildman–Crippen MR) is 394 cm³/mol. The first-order valence-electron chi connectivity index (χ1n) is 38.0. The summed E-state index contributed by atoms with van der Waals surface area (Å²) in [7, 11) is 0. The summed E-state index contributed by atoms with van der Waals surface area (Å²) in [5, 5.41) is 0. The maximum absolute atomic E-state index is 17.8. The summed E-state index contributed by atoms with van der Waals surface area (Å²) in [5.41, 5.74) is 0. The van der Waals surface area contributed by atoms with Gasteiger partial charge in [-0.1, -0.05) is 72.9 Å². The Kier molecular flexibility index (Phi) is 16.7. The van der Waals surface area contributed by atoms with Crippen LogP contribution in [-0.2, 0) is 56.8 Å². The Hall–Kier alpha value is -12.4. The molecule has 18 rings (SSSR count). The number of carbonyl (C=O) groups is 12. The summed E-state index contributed by atoms with van der Waals surface area (Å²) in [6.45, 7) is 26.0. The molecule has 0 aliphatic carbocycles. The third-order valence-electron chi connectivity index (χ3n) is 25.0. The van der Waals surface area contributed by atoms with Gasteiger partial charge in [0.15, 0.2) is 6.17 Å². The SMILES string of the molecule is C=CCOC1N2C(=O)N3CN4C(=O)N5CN6C(=O)N7CN8C(=O)N9CN%10C(=O)N%11CN%12C(=O)N1C1(OCC=C)N%13CN%14C(=O)N(CN%15C(=O)N(CN%16C(=O)N(CN%17C(=O)N(CN%18C(=O)N(CN(C%13=O)C%121OCC=C)C%11(OCC=C)C%18%10OCC=C)C9(OCC=C)C%178OCC=C)C7(OCC=C)C%166OCC=C)C5(OCC=C)C%154OCC=C)C3C%142OCC=C. The van der Waals surface area contributed by atoms with E-state index in [2.05, 4.69) is 78.9 Å². The van der Waals surface area contributed by atoms with Crippen LogP contribution in [-0.4, -0.2) is 419 Å². The Morgan fingerprint density at radius 2 is 0.392 bits per heavy atom. The van der Waals surface area contributed by atoms with Gasteiger partial charge in [0.05, 0.1) is 79.3 Å². The Morgan fingerprint density at radius 3 is 0.633 bits per heavy atom. The fraction of sp³-hybridized carbons (Fsp3) is 0.500. The molecule has 120 heavy (non-hydrogen) atoms. The molecule has 0 saturated carbocycles. The molecule has 0 aromatic carbocycles. The van der Waals surface area contributed by atoms with Gasteiger partial charge in [-0.05, 0) is 0 Å². The average Bonchev–Trinajstić information content (AvgIpc) is 1.45. The molecule has 0 N–H and O–H groups in total. The van der Waals surface area contributed by atoms with E-state index < -0.39 is 302 Å². The normalized spacial score (nSPS) is 36.0. The molecule has 0 aromatic heterocycles. The van der Waals surface area contributed by atoms with Crippen molar-refractivity contribution in [2.45, 2.75) is 76.9 Å². The van der Waals surface area contributed by atoms with Crippen molar-refractivity contribution in [1.82, 2.24) is 118 Å². The fourth-order valence-corrected chi connectivity index (χ4v) is 21.3. The first kappa shape index (κ1) is 77.5. The highest BCUT2D eigenvalue weighted by atomic mass is 16.7. The van der Waals surface area contributed by atoms with Crippen LogP contribution in [0.25, 0.3) is 0 Å². The van der Waals surface area contributed by atoms with Crippen molar-refractivity contribution in [3.05, 3.63) is 152 Å². The van der Waals surface area contributed by atoms with E-state index in [1.54, 1.807) is 0 Å². The summed E-state index contributed by atoms with van der Waals surface area (Å²) in [6.07, 6.45) is 10.3. The lowest BCUT2D eigenvalue weighted by Gasteiger charge is -2.55. The molecule has 18 saturated heterocycles. The minimum absolute atomic E-state index is 0.618. The second-order valence-electron chi connectivity index (χ2n) is 29.8. The summed E-state index contributed by atoms with van der Waals surface area (Å²) < 4.78 is 85.0. The van der Waals surface area contributed by atoms with Crippen molar-refractivity contribution in [2.24, 2.45) is 0 Å². The number of amides is 24. The number of rotatable bonds is 36. The molecular formula is C72H84N24O24. The highest BCUT2D eigenvalue weighted by molar-refractivity contribution is 5.98. The molecule has 0 radical (unpaired) electrons. The van der Waals surface area contributed by atoms with Gasteiger partial charge in [0, 0.05) is 0 Å². The van der Waals surface area contributed by atoms with Crippen LogP contribution >= 0.6 is 0 Å². The van der Waals surface area contributed by atoms with E-state index >= 15 is 57.5 Å². The highest BCUT2D eigenvalue weighted by Crippen LogP contribution is 2.68. The van der Waals surface area contributed by atoms with Crippen molar-refractivity contribution in [3.63, 3.8) is 0 Å². The molecule has 0 spiro atoms. The van der Waals surface area contributed by atoms with Crippen LogP contribution in [0, 0.1) is 0 Å². The Balaban J connectivity index is 0.970. The molecule has 24 amide bonds. The largest absolute Gasteiger partial charge is 0.336 e. The molecule has 0 bridgehead atoms. The first-order chi connectivity index (χ1) is 57.9. The van der Waals surface area contributed by atoms with Crippen LogP contribution in [0.15, 0.2) is 152 Å². The van der Waals surface area contributed by atoms with Gasteiger partial charge in [-0.3, -0.25) is 108 Å². The first-order valence-corrected chi connectivity index (χ1v) is 38.0. The van der Waals surface area contributed by atoms with Crippen molar-refractivity contribution in [1.29, 1.82) is 0 Å². The van der Waals surface area contributed by atoms with Gasteiger partial charge in [0.2, 0.25) is 6.35 Å². The topological polar surface area (TPSA) is 393 Å². The van der Waals surface area contributed by atoms with Gasteiger partial charge in [-0.15, -0.1) is 78.9 Å². The number of hydrogen-bond donors (Lipinski definition) is 0. The molecular weight excluding hydrogens is 1580 g/mol. The van der Waals surface area contributed by atoms with Crippen molar-refractivity contribution >= 4 is 72.4 Å². The number of ether oxygens (including phenoxy) is 12. The monoisotopic (exact) mass is 1670 g/mol. The molecule has 48 nitrogen and oxygen atoms in total. The van der Waals surface area contributed by atoms with Crippen molar-refractivity contribution in [2.75, 3.05) is 153 Å². The van der Waals surface area contributed by atoms with Crippen LogP contribution in [0.1, 0.15) is 0 Å². The van der Waals surface area contributed by atoms with Crippen molar-refractivity contribution in [3.8, 4) is 0 Å². The molecule has 636 valence electrons. The Labute approximate surface area is 683 Å². The smallest absolute Gasteiger partial charge is 0.332 e. The molecule has 18 aliphatic heterocycles. The summed E-state index contributed by atoms with van der Waals surface area (Å²) >= 11 is 0. The highest BCUT2D eigenvalue weighted by Gasteiger charge is 2.97. The molecule has 18 aliphatic rings. The van der Waals surface area contributed by atoms with Crippen LogP contribution in [0.2, 0.25) is 0 Å². The lowest BCUT2D eigenvalue weighted by atomic mass is 10.1. The minimum atomic E-state index is -3.09. The summed E-state index contributed by atoms with van der Waals surface area (Å²) in [5.74, 6) is -32.7. The van der Waals surface area contributed by atoms with Crippen LogP contribution in [0.5, 0.6) is 0 Å². The zero-order valence-electron chi connectivity index (χ0n) is 64.9. The maximum Gasteiger partial charge on any atom is 0.332 e. The van der Waals surface area contributed by atoms with Gasteiger partial charge in [-0.25, -0.2) is 67.3 Å². The minimum Gasteiger partial charge on any atom is -0.336 e. The van der Waals surface area contributed by atoms with E-state index in [-0.39, 0.29) is 0 Å². The lowest BCUT2D eigenvalue weighted by molar-refractivity contribution is -0.396. The molecule has 13 unspecified atom stereocenters. The average molecular weight is 1670 g/mol. The number of carbonyl (C=O) groups excluding carboxylic acids is 12. The van der Waals surface area contributed by atoms with E-state index in [1.165, 1.54) is 72.9 Å². The second-order valence-corrected chi connectivity index (χ2v) is 29.8. The van der Waals surface area contributed by atoms with E-state index in [9.17, 15) is 0 Å². The third kappa shape index (κ3) is 7.78. The van der Waals surface area contributed by atoms with Gasteiger partial charge < -0.3 is 56.8 Å². The second kappa shape index (κ2) is 25.8. The maximum atomic E-state index is 17.8. The van der Waals surface area contributed by atoms with Gasteiger partial charge in [0.1, 0.15) is 73.4 Å². The third-order valence-corrected chi connectivity index (χ3v) is 25.0. The molecule has 48 heteroatoms. The number of hydrogen-bond acceptors (Lipinski definition) is 24. The molecule has 18 fully saturated rings. The van der Waals surface area contributed by atoms with E-state index in [1.807, 2.05) is 0 Å². The Bertz CT molecular complexity index is 4760.